The van der Waals surface area contributed by atoms with Crippen molar-refractivity contribution in [1.29, 1.82) is 0 Å². The largest absolute Gasteiger partial charge is 0.446 e. The van der Waals surface area contributed by atoms with Gasteiger partial charge in [0.15, 0.2) is 23.0 Å². The number of rotatable bonds is 0. The van der Waals surface area contributed by atoms with Crippen molar-refractivity contribution in [2.24, 2.45) is 0 Å². The summed E-state index contributed by atoms with van der Waals surface area (Å²) in [6.07, 6.45) is 0. The molecule has 0 amide bonds. The third-order valence-electron chi connectivity index (χ3n) is 2.77. The van der Waals surface area contributed by atoms with Gasteiger partial charge in [-0.25, -0.2) is 0 Å². The summed E-state index contributed by atoms with van der Waals surface area (Å²) in [6, 6.07) is 0. The highest BCUT2D eigenvalue weighted by Crippen LogP contribution is 2.61. The predicted octanol–water partition coefficient (Wildman–Crippen LogP) is 8.92. The van der Waals surface area contributed by atoms with Crippen LogP contribution >= 0.6 is 97.1 Å². The molecule has 1 heterocycles. The van der Waals surface area contributed by atoms with E-state index in [4.69, 9.17) is 90.7 Å². The fourth-order valence-electron chi connectivity index (χ4n) is 1.75. The lowest BCUT2D eigenvalue weighted by molar-refractivity contribution is 0.360. The Hall–Kier alpha value is 0.550. The van der Waals surface area contributed by atoms with Crippen LogP contribution in [0.4, 0.5) is 0 Å². The molecule has 3 rings (SSSR count). The van der Waals surface area contributed by atoms with Crippen LogP contribution in [-0.4, -0.2) is 0 Å². The Morgan fingerprint density at radius 1 is 0.455 bits per heavy atom. The summed E-state index contributed by atoms with van der Waals surface area (Å²) in [5, 5.41) is 0.557. The van der Waals surface area contributed by atoms with E-state index in [1.165, 1.54) is 0 Å². The number of ether oxygens (including phenoxy) is 2. The Bertz CT molecular complexity index is 702. The molecule has 0 aromatic heterocycles. The fourth-order valence-corrected chi connectivity index (χ4v) is 3.81. The first-order chi connectivity index (χ1) is 10.3. The third-order valence-corrected chi connectivity index (χ3v) is 6.99. The third kappa shape index (κ3) is 2.46. The Labute approximate surface area is 168 Å². The average Bonchev–Trinajstić information content (AvgIpc) is 2.52. The molecule has 0 unspecified atom stereocenters. The second-order valence-electron chi connectivity index (χ2n) is 4.03. The van der Waals surface area contributed by atoms with E-state index < -0.39 is 0 Å². The maximum absolute atomic E-state index is 6.19. The molecular formula is C12BrCl7O2. The Kier molecular flexibility index (Phi) is 4.84. The minimum Gasteiger partial charge on any atom is -0.446 e. The predicted molar refractivity (Wildman–Crippen MR) is 95.8 cm³/mol. The van der Waals surface area contributed by atoms with Crippen LogP contribution in [-0.2, 0) is 0 Å². The second-order valence-corrected chi connectivity index (χ2v) is 7.47. The lowest BCUT2D eigenvalue weighted by Crippen LogP contribution is -2.03. The zero-order valence-electron chi connectivity index (χ0n) is 9.84. The van der Waals surface area contributed by atoms with E-state index in [0.29, 0.717) is 4.47 Å². The van der Waals surface area contributed by atoms with Crippen molar-refractivity contribution in [2.75, 3.05) is 0 Å². The summed E-state index contributed by atoms with van der Waals surface area (Å²) in [5.41, 5.74) is 0. The van der Waals surface area contributed by atoms with Gasteiger partial charge in [-0.3, -0.25) is 0 Å². The van der Waals surface area contributed by atoms with Crippen molar-refractivity contribution in [3.05, 3.63) is 39.6 Å². The van der Waals surface area contributed by atoms with Gasteiger partial charge in [-0.15, -0.1) is 0 Å². The van der Waals surface area contributed by atoms with Gasteiger partial charge >= 0.3 is 0 Å². The standard InChI is InChI=1S/C12BrCl7O2/c13-1-2(14)6(18)10-9(3(1)15)21-11-7(19)4(16)5(17)8(20)12(11)22-10. The molecule has 0 atom stereocenters. The molecule has 2 nitrogen and oxygen atoms in total. The van der Waals surface area contributed by atoms with Crippen LogP contribution in [0.1, 0.15) is 0 Å². The van der Waals surface area contributed by atoms with Crippen molar-refractivity contribution in [3.63, 3.8) is 0 Å². The Morgan fingerprint density at radius 2 is 0.773 bits per heavy atom. The molecule has 2 aromatic rings. The molecule has 0 radical (unpaired) electrons. The van der Waals surface area contributed by atoms with Crippen LogP contribution in [0, 0.1) is 0 Å². The van der Waals surface area contributed by atoms with Crippen LogP contribution in [0.5, 0.6) is 23.0 Å². The van der Waals surface area contributed by atoms with Gasteiger partial charge < -0.3 is 9.47 Å². The quantitative estimate of drug-likeness (QED) is 0.225. The van der Waals surface area contributed by atoms with Crippen LogP contribution in [0.3, 0.4) is 0 Å². The van der Waals surface area contributed by atoms with Gasteiger partial charge in [0.2, 0.25) is 0 Å². The molecule has 1 aliphatic heterocycles. The second kappa shape index (κ2) is 6.12. The number of hydrogen-bond acceptors (Lipinski definition) is 2. The van der Waals surface area contributed by atoms with Gasteiger partial charge in [-0.2, -0.15) is 0 Å². The zero-order chi connectivity index (χ0) is 16.3. The van der Waals surface area contributed by atoms with Crippen molar-refractivity contribution in [2.45, 2.75) is 0 Å². The molecule has 2 aromatic carbocycles. The molecular weight excluding hydrogens is 504 g/mol. The molecule has 0 bridgehead atoms. The Morgan fingerprint density at radius 3 is 1.18 bits per heavy atom. The molecule has 0 N–H and O–H groups in total. The highest BCUT2D eigenvalue weighted by atomic mass is 79.9. The fraction of sp³-hybridized carbons (Fsp3) is 0. The van der Waals surface area contributed by atoms with Crippen LogP contribution < -0.4 is 9.47 Å². The first-order valence-electron chi connectivity index (χ1n) is 5.33. The molecule has 0 saturated carbocycles. The van der Waals surface area contributed by atoms with Gasteiger partial charge in [0.25, 0.3) is 0 Å². The van der Waals surface area contributed by atoms with E-state index >= 15 is 0 Å². The monoisotopic (exact) mass is 500 g/mol. The normalized spacial score (nSPS) is 12.4. The number of benzene rings is 2. The van der Waals surface area contributed by atoms with E-state index in [2.05, 4.69) is 15.9 Å². The molecule has 0 spiro atoms. The van der Waals surface area contributed by atoms with Gasteiger partial charge in [0, 0.05) is 0 Å². The molecule has 0 aliphatic carbocycles. The minimum absolute atomic E-state index is 0.0305. The van der Waals surface area contributed by atoms with E-state index in [1.54, 1.807) is 0 Å². The summed E-state index contributed by atoms with van der Waals surface area (Å²) >= 11 is 45.9. The molecule has 0 fully saturated rings. The smallest absolute Gasteiger partial charge is 0.191 e. The highest BCUT2D eigenvalue weighted by Gasteiger charge is 2.33. The van der Waals surface area contributed by atoms with Gasteiger partial charge in [-0.05, 0) is 15.9 Å². The summed E-state index contributed by atoms with van der Waals surface area (Å²) in [5.74, 6) is 0.390. The zero-order valence-corrected chi connectivity index (χ0v) is 16.7. The summed E-state index contributed by atoms with van der Waals surface area (Å²) in [7, 11) is 0. The van der Waals surface area contributed by atoms with E-state index in [-0.39, 0.29) is 58.2 Å². The highest BCUT2D eigenvalue weighted by molar-refractivity contribution is 9.10. The first-order valence-corrected chi connectivity index (χ1v) is 8.77. The SMILES string of the molecule is Clc1c(Cl)c(Cl)c2c(c1Cl)Oc1c(Cl)c(Cl)c(Br)c(Cl)c1O2. The van der Waals surface area contributed by atoms with Gasteiger partial charge in [0.1, 0.15) is 20.1 Å². The lowest BCUT2D eigenvalue weighted by atomic mass is 10.2. The van der Waals surface area contributed by atoms with Crippen LogP contribution in [0.2, 0.25) is 35.2 Å². The van der Waals surface area contributed by atoms with E-state index in [0.717, 1.165) is 0 Å². The van der Waals surface area contributed by atoms with Crippen LogP contribution in [0.15, 0.2) is 4.47 Å². The Balaban J connectivity index is 2.32. The van der Waals surface area contributed by atoms with E-state index in [9.17, 15) is 0 Å². The van der Waals surface area contributed by atoms with Crippen molar-refractivity contribution >= 4 is 97.1 Å². The van der Waals surface area contributed by atoms with Crippen molar-refractivity contribution in [3.8, 4) is 23.0 Å². The van der Waals surface area contributed by atoms with E-state index in [1.807, 2.05) is 0 Å². The molecule has 10 heteroatoms. The first kappa shape index (κ1) is 17.4. The molecule has 116 valence electrons. The topological polar surface area (TPSA) is 18.5 Å². The molecule has 0 saturated heterocycles. The number of hydrogen-bond donors (Lipinski definition) is 0. The number of halogens is 8. The maximum Gasteiger partial charge on any atom is 0.191 e. The average molecular weight is 504 g/mol. The summed E-state index contributed by atoms with van der Waals surface area (Å²) in [4.78, 5) is 0. The maximum atomic E-state index is 6.19. The van der Waals surface area contributed by atoms with Gasteiger partial charge in [-0.1, -0.05) is 81.2 Å². The van der Waals surface area contributed by atoms with Gasteiger partial charge in [0.05, 0.1) is 19.5 Å². The van der Waals surface area contributed by atoms with Crippen LogP contribution in [0.25, 0.3) is 0 Å². The molecule has 22 heavy (non-hydrogen) atoms. The summed E-state index contributed by atoms with van der Waals surface area (Å²) < 4.78 is 11.7. The summed E-state index contributed by atoms with van der Waals surface area (Å²) in [6.45, 7) is 0. The number of fused-ring (bicyclic) bond motifs is 2. The lowest BCUT2D eigenvalue weighted by Gasteiger charge is -2.25. The molecule has 1 aliphatic rings. The van der Waals surface area contributed by atoms with Crippen molar-refractivity contribution < 1.29 is 9.47 Å². The van der Waals surface area contributed by atoms with Crippen molar-refractivity contribution in [1.82, 2.24) is 0 Å². The minimum atomic E-state index is 0.0305.